The van der Waals surface area contributed by atoms with E-state index in [0.29, 0.717) is 11.4 Å². The van der Waals surface area contributed by atoms with Crippen LogP contribution in [0.2, 0.25) is 0 Å². The van der Waals surface area contributed by atoms with Gasteiger partial charge in [-0.2, -0.15) is 0 Å². The van der Waals surface area contributed by atoms with E-state index in [1.165, 1.54) is 12.8 Å². The Kier molecular flexibility index (Phi) is 2.66. The SMILES string of the molecule is CC1CCCN(c2cc(N)c(N)cn2)C1. The summed E-state index contributed by atoms with van der Waals surface area (Å²) in [5.41, 5.74) is 12.6. The topological polar surface area (TPSA) is 68.2 Å². The van der Waals surface area contributed by atoms with Crippen LogP contribution in [0, 0.1) is 5.92 Å². The van der Waals surface area contributed by atoms with Crippen LogP contribution in [0.25, 0.3) is 0 Å². The molecule has 1 aliphatic rings. The Morgan fingerprint density at radius 2 is 2.20 bits per heavy atom. The highest BCUT2D eigenvalue weighted by Gasteiger charge is 2.17. The normalized spacial score (nSPS) is 21.7. The van der Waals surface area contributed by atoms with E-state index in [1.807, 2.05) is 6.07 Å². The average molecular weight is 206 g/mol. The molecule has 1 atom stereocenters. The zero-order chi connectivity index (χ0) is 10.8. The third kappa shape index (κ3) is 2.14. The number of nitrogens with two attached hydrogens (primary N) is 2. The molecule has 4 heteroatoms. The van der Waals surface area contributed by atoms with Crippen LogP contribution in [0.1, 0.15) is 19.8 Å². The molecule has 0 aromatic carbocycles. The van der Waals surface area contributed by atoms with Gasteiger partial charge >= 0.3 is 0 Å². The van der Waals surface area contributed by atoms with Crippen molar-refractivity contribution in [2.24, 2.45) is 5.92 Å². The van der Waals surface area contributed by atoms with Crippen LogP contribution in [0.15, 0.2) is 12.3 Å². The van der Waals surface area contributed by atoms with E-state index < -0.39 is 0 Å². The monoisotopic (exact) mass is 206 g/mol. The first-order chi connectivity index (χ1) is 7.16. The number of aromatic nitrogens is 1. The molecule has 0 radical (unpaired) electrons. The van der Waals surface area contributed by atoms with E-state index in [-0.39, 0.29) is 0 Å². The molecule has 0 amide bonds. The standard InChI is InChI=1S/C11H18N4/c1-8-3-2-4-15(7-8)11-5-9(12)10(13)6-14-11/h5-6,8H,2-4,7,13H2,1H3,(H2,12,14). The minimum atomic E-state index is 0.559. The Bertz CT molecular complexity index is 350. The number of anilines is 3. The first kappa shape index (κ1) is 10.1. The van der Waals surface area contributed by atoms with Gasteiger partial charge in [0.15, 0.2) is 0 Å². The summed E-state index contributed by atoms with van der Waals surface area (Å²) in [7, 11) is 0. The number of nitrogens with zero attached hydrogens (tertiary/aromatic N) is 2. The molecule has 2 rings (SSSR count). The van der Waals surface area contributed by atoms with E-state index in [2.05, 4.69) is 16.8 Å². The van der Waals surface area contributed by atoms with Crippen LogP contribution in [0.3, 0.4) is 0 Å². The molecule has 0 bridgehead atoms. The van der Waals surface area contributed by atoms with Gasteiger partial charge < -0.3 is 16.4 Å². The van der Waals surface area contributed by atoms with Crippen molar-refractivity contribution in [2.75, 3.05) is 29.5 Å². The molecule has 82 valence electrons. The number of pyridine rings is 1. The maximum absolute atomic E-state index is 5.77. The van der Waals surface area contributed by atoms with Crippen molar-refractivity contribution in [3.63, 3.8) is 0 Å². The molecule has 1 aromatic heterocycles. The zero-order valence-corrected chi connectivity index (χ0v) is 9.11. The predicted octanol–water partition coefficient (Wildman–Crippen LogP) is 1.48. The molecule has 4 N–H and O–H groups in total. The predicted molar refractivity (Wildman–Crippen MR) is 63.7 cm³/mol. The summed E-state index contributed by atoms with van der Waals surface area (Å²) in [6.45, 7) is 4.41. The lowest BCUT2D eigenvalue weighted by Gasteiger charge is -2.32. The molecular weight excluding hydrogens is 188 g/mol. The third-order valence-electron chi connectivity index (χ3n) is 2.93. The van der Waals surface area contributed by atoms with E-state index >= 15 is 0 Å². The van der Waals surface area contributed by atoms with Crippen molar-refractivity contribution in [3.8, 4) is 0 Å². The first-order valence-electron chi connectivity index (χ1n) is 5.43. The molecule has 1 aromatic rings. The minimum Gasteiger partial charge on any atom is -0.397 e. The van der Waals surface area contributed by atoms with Crippen LogP contribution >= 0.6 is 0 Å². The molecule has 4 nitrogen and oxygen atoms in total. The summed E-state index contributed by atoms with van der Waals surface area (Å²) in [4.78, 5) is 6.60. The molecule has 0 saturated carbocycles. The number of rotatable bonds is 1. The summed E-state index contributed by atoms with van der Waals surface area (Å²) in [6, 6.07) is 1.87. The highest BCUT2D eigenvalue weighted by molar-refractivity contribution is 5.66. The van der Waals surface area contributed by atoms with Gasteiger partial charge in [0.25, 0.3) is 0 Å². The number of hydrogen-bond acceptors (Lipinski definition) is 4. The lowest BCUT2D eigenvalue weighted by Crippen LogP contribution is -2.34. The smallest absolute Gasteiger partial charge is 0.130 e. The second-order valence-electron chi connectivity index (χ2n) is 4.36. The zero-order valence-electron chi connectivity index (χ0n) is 9.11. The van der Waals surface area contributed by atoms with Crippen molar-refractivity contribution in [1.82, 2.24) is 4.98 Å². The van der Waals surface area contributed by atoms with Crippen molar-refractivity contribution >= 4 is 17.2 Å². The Labute approximate surface area is 90.3 Å². The highest BCUT2D eigenvalue weighted by Crippen LogP contribution is 2.24. The van der Waals surface area contributed by atoms with Crippen molar-refractivity contribution in [2.45, 2.75) is 19.8 Å². The summed E-state index contributed by atoms with van der Waals surface area (Å²) >= 11 is 0. The number of piperidine rings is 1. The van der Waals surface area contributed by atoms with Crippen LogP contribution in [-0.2, 0) is 0 Å². The fourth-order valence-electron chi connectivity index (χ4n) is 2.04. The second-order valence-corrected chi connectivity index (χ2v) is 4.36. The van der Waals surface area contributed by atoms with Gasteiger partial charge in [-0.15, -0.1) is 0 Å². The minimum absolute atomic E-state index is 0.559. The highest BCUT2D eigenvalue weighted by atomic mass is 15.2. The van der Waals surface area contributed by atoms with Crippen LogP contribution in [-0.4, -0.2) is 18.1 Å². The van der Waals surface area contributed by atoms with Crippen molar-refractivity contribution < 1.29 is 0 Å². The largest absolute Gasteiger partial charge is 0.397 e. The van der Waals surface area contributed by atoms with Gasteiger partial charge in [0.1, 0.15) is 5.82 Å². The Morgan fingerprint density at radius 3 is 2.87 bits per heavy atom. The van der Waals surface area contributed by atoms with Crippen LogP contribution < -0.4 is 16.4 Å². The molecule has 1 fully saturated rings. The van der Waals surface area contributed by atoms with Gasteiger partial charge in [0.05, 0.1) is 17.6 Å². The first-order valence-corrected chi connectivity index (χ1v) is 5.43. The van der Waals surface area contributed by atoms with E-state index in [1.54, 1.807) is 6.20 Å². The van der Waals surface area contributed by atoms with Crippen LogP contribution in [0.4, 0.5) is 17.2 Å². The third-order valence-corrected chi connectivity index (χ3v) is 2.93. The van der Waals surface area contributed by atoms with Gasteiger partial charge in [-0.05, 0) is 18.8 Å². The van der Waals surface area contributed by atoms with Gasteiger partial charge in [0, 0.05) is 19.2 Å². The number of nitrogen functional groups attached to an aromatic ring is 2. The maximum atomic E-state index is 5.77. The molecule has 1 unspecified atom stereocenters. The van der Waals surface area contributed by atoms with E-state index in [0.717, 1.165) is 24.8 Å². The molecule has 1 saturated heterocycles. The van der Waals surface area contributed by atoms with E-state index in [9.17, 15) is 0 Å². The lowest BCUT2D eigenvalue weighted by atomic mass is 10.0. The lowest BCUT2D eigenvalue weighted by molar-refractivity contribution is 0.444. The van der Waals surface area contributed by atoms with Gasteiger partial charge in [-0.1, -0.05) is 6.92 Å². The maximum Gasteiger partial charge on any atom is 0.130 e. The molecule has 0 spiro atoms. The molecular formula is C11H18N4. The molecule has 1 aliphatic heterocycles. The van der Waals surface area contributed by atoms with E-state index in [4.69, 9.17) is 11.5 Å². The van der Waals surface area contributed by atoms with Crippen molar-refractivity contribution in [3.05, 3.63) is 12.3 Å². The quantitative estimate of drug-likeness (QED) is 0.730. The Hall–Kier alpha value is -1.45. The fourth-order valence-corrected chi connectivity index (χ4v) is 2.04. The average Bonchev–Trinajstić information content (AvgIpc) is 2.22. The molecule has 0 aliphatic carbocycles. The van der Waals surface area contributed by atoms with Gasteiger partial charge in [0.2, 0.25) is 0 Å². The molecule has 2 heterocycles. The van der Waals surface area contributed by atoms with Crippen LogP contribution in [0.5, 0.6) is 0 Å². The summed E-state index contributed by atoms with van der Waals surface area (Å²) < 4.78 is 0. The molecule has 15 heavy (non-hydrogen) atoms. The van der Waals surface area contributed by atoms with Gasteiger partial charge in [-0.3, -0.25) is 0 Å². The van der Waals surface area contributed by atoms with Gasteiger partial charge in [-0.25, -0.2) is 4.98 Å². The summed E-state index contributed by atoms with van der Waals surface area (Å²) in [5.74, 6) is 1.69. The number of hydrogen-bond donors (Lipinski definition) is 2. The van der Waals surface area contributed by atoms with Crippen molar-refractivity contribution in [1.29, 1.82) is 0 Å². The second kappa shape index (κ2) is 3.96. The Balaban J connectivity index is 2.18. The fraction of sp³-hybridized carbons (Fsp3) is 0.545. The summed E-state index contributed by atoms with van der Waals surface area (Å²) in [5, 5.41) is 0. The Morgan fingerprint density at radius 1 is 1.40 bits per heavy atom. The summed E-state index contributed by atoms with van der Waals surface area (Å²) in [6.07, 6.45) is 4.18.